The largest absolute Gasteiger partial charge is 0.135 e. The summed E-state index contributed by atoms with van der Waals surface area (Å²) in [6.07, 6.45) is 0. The van der Waals surface area contributed by atoms with E-state index in [0.717, 1.165) is 0 Å². The molecule has 1 heteroatoms. The first-order valence-electron chi connectivity index (χ1n) is 9.87. The molecule has 0 fully saturated rings. The maximum Gasteiger partial charge on any atom is 0.0434 e. The van der Waals surface area contributed by atoms with E-state index in [9.17, 15) is 0 Å². The molecular weight excluding hydrogens is 368 g/mol. The predicted octanol–water partition coefficient (Wildman–Crippen LogP) is 8.54. The monoisotopic (exact) mass is 386 g/mol. The number of hydrogen-bond acceptors (Lipinski definition) is 1. The van der Waals surface area contributed by atoms with Crippen molar-refractivity contribution in [3.8, 4) is 21.6 Å². The minimum atomic E-state index is 1.28. The van der Waals surface area contributed by atoms with Gasteiger partial charge in [-0.2, -0.15) is 0 Å². The van der Waals surface area contributed by atoms with Gasteiger partial charge in [0.1, 0.15) is 0 Å². The molecule has 1 aromatic heterocycles. The van der Waals surface area contributed by atoms with Crippen LogP contribution in [-0.4, -0.2) is 0 Å². The zero-order valence-corrected chi connectivity index (χ0v) is 16.6. The number of rotatable bonds is 2. The summed E-state index contributed by atoms with van der Waals surface area (Å²) >= 11 is 1.89. The maximum atomic E-state index is 2.33. The van der Waals surface area contributed by atoms with Gasteiger partial charge in [-0.3, -0.25) is 0 Å². The molecule has 6 rings (SSSR count). The van der Waals surface area contributed by atoms with Gasteiger partial charge in [-0.25, -0.2) is 0 Å². The van der Waals surface area contributed by atoms with Gasteiger partial charge in [0.05, 0.1) is 0 Å². The summed E-state index contributed by atoms with van der Waals surface area (Å²) in [6, 6.07) is 39.5. The molecular formula is C28H18S. The molecule has 136 valence electrons. The lowest BCUT2D eigenvalue weighted by Crippen LogP contribution is -1.84. The summed E-state index contributed by atoms with van der Waals surface area (Å²) in [5.74, 6) is 0. The average molecular weight is 387 g/mol. The van der Waals surface area contributed by atoms with Gasteiger partial charge in [-0.15, -0.1) is 11.3 Å². The van der Waals surface area contributed by atoms with E-state index in [4.69, 9.17) is 0 Å². The molecule has 0 amide bonds. The minimum absolute atomic E-state index is 1.28. The van der Waals surface area contributed by atoms with Crippen molar-refractivity contribution in [1.82, 2.24) is 0 Å². The molecule has 0 aliphatic rings. The highest BCUT2D eigenvalue weighted by molar-refractivity contribution is 7.23. The third kappa shape index (κ3) is 2.66. The Balaban J connectivity index is 1.71. The van der Waals surface area contributed by atoms with Gasteiger partial charge in [0.2, 0.25) is 0 Å². The topological polar surface area (TPSA) is 0 Å². The molecule has 6 aromatic rings. The lowest BCUT2D eigenvalue weighted by Gasteiger charge is -2.10. The first-order valence-corrected chi connectivity index (χ1v) is 10.7. The number of hydrogen-bond donors (Lipinski definition) is 0. The van der Waals surface area contributed by atoms with Crippen LogP contribution in [0.4, 0.5) is 0 Å². The summed E-state index contributed by atoms with van der Waals surface area (Å²) in [5, 5.41) is 6.48. The standard InChI is InChI=1S/C28H18S/c1-2-10-21-18-22(17-16-19(21)8-1)28-27(25-13-5-6-15-26(25)29-28)24-14-7-11-20-9-3-4-12-23(20)24/h1-18H. The third-order valence-corrected chi connectivity index (χ3v) is 6.89. The number of fused-ring (bicyclic) bond motifs is 3. The SMILES string of the molecule is c1ccc2cc(-c3sc4ccccc4c3-c3cccc4ccccc34)ccc2c1. The van der Waals surface area contributed by atoms with Gasteiger partial charge in [0, 0.05) is 20.5 Å². The van der Waals surface area contributed by atoms with Gasteiger partial charge < -0.3 is 0 Å². The lowest BCUT2D eigenvalue weighted by molar-refractivity contribution is 1.70. The molecule has 0 atom stereocenters. The van der Waals surface area contributed by atoms with Crippen LogP contribution in [0.5, 0.6) is 0 Å². The summed E-state index contributed by atoms with van der Waals surface area (Å²) < 4.78 is 1.33. The highest BCUT2D eigenvalue weighted by Crippen LogP contribution is 2.46. The third-order valence-electron chi connectivity index (χ3n) is 5.67. The van der Waals surface area contributed by atoms with Crippen molar-refractivity contribution in [2.45, 2.75) is 0 Å². The van der Waals surface area contributed by atoms with Crippen molar-refractivity contribution < 1.29 is 0 Å². The van der Waals surface area contributed by atoms with E-state index in [-0.39, 0.29) is 0 Å². The second kappa shape index (κ2) is 6.58. The van der Waals surface area contributed by atoms with Crippen molar-refractivity contribution in [2.75, 3.05) is 0 Å². The highest BCUT2D eigenvalue weighted by atomic mass is 32.1. The second-order valence-electron chi connectivity index (χ2n) is 7.39. The normalized spacial score (nSPS) is 11.4. The molecule has 1 heterocycles. The van der Waals surface area contributed by atoms with Crippen LogP contribution in [0.25, 0.3) is 53.2 Å². The summed E-state index contributed by atoms with van der Waals surface area (Å²) in [7, 11) is 0. The van der Waals surface area contributed by atoms with Crippen LogP contribution in [0.3, 0.4) is 0 Å². The Morgan fingerprint density at radius 3 is 2.07 bits per heavy atom. The van der Waals surface area contributed by atoms with E-state index in [1.807, 2.05) is 11.3 Å². The molecule has 0 radical (unpaired) electrons. The molecule has 29 heavy (non-hydrogen) atoms. The fourth-order valence-corrected chi connectivity index (χ4v) is 5.50. The number of thiophene rings is 1. The van der Waals surface area contributed by atoms with E-state index >= 15 is 0 Å². The van der Waals surface area contributed by atoms with Crippen molar-refractivity contribution in [3.05, 3.63) is 109 Å². The molecule has 5 aromatic carbocycles. The quantitative estimate of drug-likeness (QED) is 0.280. The Labute approximate surface area is 173 Å². The molecule has 0 N–H and O–H groups in total. The molecule has 0 aliphatic heterocycles. The minimum Gasteiger partial charge on any atom is -0.135 e. The predicted molar refractivity (Wildman–Crippen MR) is 128 cm³/mol. The summed E-state index contributed by atoms with van der Waals surface area (Å²) in [5.41, 5.74) is 3.94. The van der Waals surface area contributed by atoms with E-state index in [1.165, 1.54) is 53.2 Å². The Morgan fingerprint density at radius 1 is 0.483 bits per heavy atom. The Morgan fingerprint density at radius 2 is 1.17 bits per heavy atom. The molecule has 0 spiro atoms. The van der Waals surface area contributed by atoms with Crippen LogP contribution in [0.15, 0.2) is 109 Å². The van der Waals surface area contributed by atoms with E-state index < -0.39 is 0 Å². The molecule has 0 bridgehead atoms. The molecule has 0 saturated heterocycles. The molecule has 0 aliphatic carbocycles. The van der Waals surface area contributed by atoms with Crippen molar-refractivity contribution in [1.29, 1.82) is 0 Å². The zero-order chi connectivity index (χ0) is 19.2. The fraction of sp³-hybridized carbons (Fsp3) is 0. The summed E-state index contributed by atoms with van der Waals surface area (Å²) in [6.45, 7) is 0. The molecule has 0 unspecified atom stereocenters. The summed E-state index contributed by atoms with van der Waals surface area (Å²) in [4.78, 5) is 1.34. The van der Waals surface area contributed by atoms with Crippen LogP contribution < -0.4 is 0 Å². The van der Waals surface area contributed by atoms with Crippen molar-refractivity contribution >= 4 is 43.0 Å². The van der Waals surface area contributed by atoms with E-state index in [1.54, 1.807) is 0 Å². The van der Waals surface area contributed by atoms with Crippen LogP contribution in [0.1, 0.15) is 0 Å². The van der Waals surface area contributed by atoms with Crippen LogP contribution in [0, 0.1) is 0 Å². The molecule has 0 nitrogen and oxygen atoms in total. The Hall–Kier alpha value is -3.42. The van der Waals surface area contributed by atoms with E-state index in [2.05, 4.69) is 109 Å². The highest BCUT2D eigenvalue weighted by Gasteiger charge is 2.17. The van der Waals surface area contributed by atoms with Gasteiger partial charge in [0.15, 0.2) is 0 Å². The van der Waals surface area contributed by atoms with Crippen LogP contribution >= 0.6 is 11.3 Å². The maximum absolute atomic E-state index is 2.33. The van der Waals surface area contributed by atoms with Crippen molar-refractivity contribution in [3.63, 3.8) is 0 Å². The Bertz CT molecular complexity index is 1500. The second-order valence-corrected chi connectivity index (χ2v) is 8.44. The first-order chi connectivity index (χ1) is 14.4. The van der Waals surface area contributed by atoms with Gasteiger partial charge in [-0.05, 0) is 44.8 Å². The van der Waals surface area contributed by atoms with Crippen LogP contribution in [0.2, 0.25) is 0 Å². The lowest BCUT2D eigenvalue weighted by atomic mass is 9.94. The van der Waals surface area contributed by atoms with Gasteiger partial charge >= 0.3 is 0 Å². The molecule has 0 saturated carbocycles. The van der Waals surface area contributed by atoms with Gasteiger partial charge in [-0.1, -0.05) is 97.1 Å². The first kappa shape index (κ1) is 16.5. The van der Waals surface area contributed by atoms with E-state index in [0.29, 0.717) is 0 Å². The fourth-order valence-electron chi connectivity index (χ4n) is 4.29. The number of benzene rings is 5. The zero-order valence-electron chi connectivity index (χ0n) is 15.8. The van der Waals surface area contributed by atoms with Crippen LogP contribution in [-0.2, 0) is 0 Å². The Kier molecular flexibility index (Phi) is 3.75. The van der Waals surface area contributed by atoms with Gasteiger partial charge in [0.25, 0.3) is 0 Å². The average Bonchev–Trinajstić information content (AvgIpc) is 3.18. The van der Waals surface area contributed by atoms with Crippen molar-refractivity contribution in [2.24, 2.45) is 0 Å². The smallest absolute Gasteiger partial charge is 0.0434 e.